The molecule has 0 saturated carbocycles. The first-order chi connectivity index (χ1) is 18.6. The van der Waals surface area contributed by atoms with Crippen LogP contribution < -0.4 is 15.5 Å². The Kier molecular flexibility index (Phi) is 11.5. The van der Waals surface area contributed by atoms with Crippen LogP contribution in [0.2, 0.25) is 0 Å². The number of ether oxygens (including phenoxy) is 3. The molecule has 10 heteroatoms. The molecule has 206 valence electrons. The Morgan fingerprint density at radius 1 is 0.949 bits per heavy atom. The summed E-state index contributed by atoms with van der Waals surface area (Å²) in [6, 6.07) is 21.9. The Bertz CT molecular complexity index is 1270. The summed E-state index contributed by atoms with van der Waals surface area (Å²) in [5.74, 6) is 0.000615. The summed E-state index contributed by atoms with van der Waals surface area (Å²) in [5.41, 5.74) is 4.34. The molecule has 2 N–H and O–H groups in total. The summed E-state index contributed by atoms with van der Waals surface area (Å²) in [7, 11) is 0. The minimum absolute atomic E-state index is 0.0800. The molecule has 3 aromatic carbocycles. The van der Waals surface area contributed by atoms with Crippen molar-refractivity contribution in [3.8, 4) is 5.75 Å². The number of rotatable bonds is 11. The van der Waals surface area contributed by atoms with Gasteiger partial charge in [0.05, 0.1) is 23.9 Å². The fraction of sp³-hybridized carbons (Fsp3) is 0.276. The van der Waals surface area contributed by atoms with E-state index in [-0.39, 0.29) is 13.2 Å². The Morgan fingerprint density at radius 3 is 2.18 bits per heavy atom. The van der Waals surface area contributed by atoms with Crippen LogP contribution >= 0.6 is 31.9 Å². The summed E-state index contributed by atoms with van der Waals surface area (Å²) in [6.45, 7) is 5.78. The number of nitrogens with one attached hydrogen (secondary N) is 2. The second kappa shape index (κ2) is 14.8. The molecule has 3 rings (SSSR count). The molecule has 0 aliphatic carbocycles. The van der Waals surface area contributed by atoms with Gasteiger partial charge in [-0.2, -0.15) is 5.10 Å². The molecule has 0 fully saturated rings. The first-order valence-electron chi connectivity index (χ1n) is 12.2. The van der Waals surface area contributed by atoms with Gasteiger partial charge in [0, 0.05) is 10.0 Å². The third kappa shape index (κ3) is 10.8. The molecule has 39 heavy (non-hydrogen) atoms. The average Bonchev–Trinajstić information content (AvgIpc) is 2.87. The Hall–Kier alpha value is -3.21. The summed E-state index contributed by atoms with van der Waals surface area (Å²) in [4.78, 5) is 25.4. The minimum Gasteiger partial charge on any atom is -0.487 e. The Balaban J connectivity index is 1.68. The van der Waals surface area contributed by atoms with Crippen molar-refractivity contribution < 1.29 is 23.8 Å². The zero-order chi connectivity index (χ0) is 28.3. The number of hydrogen-bond acceptors (Lipinski definition) is 6. The fourth-order valence-corrected chi connectivity index (χ4v) is 4.68. The van der Waals surface area contributed by atoms with Crippen molar-refractivity contribution in [3.63, 3.8) is 0 Å². The van der Waals surface area contributed by atoms with Crippen molar-refractivity contribution in [2.45, 2.75) is 45.6 Å². The third-order valence-electron chi connectivity index (χ3n) is 5.05. The van der Waals surface area contributed by atoms with Crippen LogP contribution in [0, 0.1) is 0 Å². The van der Waals surface area contributed by atoms with Gasteiger partial charge in [-0.25, -0.2) is 10.2 Å². The van der Waals surface area contributed by atoms with Crippen LogP contribution in [0.15, 0.2) is 86.8 Å². The standard InChI is InChI=1S/C29H31Br2N3O5/c1-29(2,3)39-28(36)33-25(19-37-17-20-10-6-4-7-11-20)27(35)34-32-16-22-14-23(30)15-24(31)26(22)38-18-21-12-8-5-9-13-21/h4-16,25H,17-19H2,1-3H3,(H,33,36)(H,34,35)/b32-16-/t25-/m0/s1. The summed E-state index contributed by atoms with van der Waals surface area (Å²) in [6.07, 6.45) is 0.741. The normalized spacial score (nSPS) is 12.1. The highest BCUT2D eigenvalue weighted by atomic mass is 79.9. The molecule has 0 heterocycles. The SMILES string of the molecule is CC(C)(C)OC(=O)N[C@@H](COCc1ccccc1)C(=O)N/N=C\c1cc(Br)cc(Br)c1OCc1ccccc1. The van der Waals surface area contributed by atoms with E-state index in [9.17, 15) is 9.59 Å². The average molecular weight is 661 g/mol. The van der Waals surface area contributed by atoms with Crippen LogP contribution in [0.4, 0.5) is 4.79 Å². The largest absolute Gasteiger partial charge is 0.487 e. The van der Waals surface area contributed by atoms with Crippen molar-refractivity contribution in [2.24, 2.45) is 5.10 Å². The lowest BCUT2D eigenvalue weighted by molar-refractivity contribution is -0.124. The van der Waals surface area contributed by atoms with E-state index in [1.165, 1.54) is 6.21 Å². The van der Waals surface area contributed by atoms with E-state index in [2.05, 4.69) is 47.7 Å². The van der Waals surface area contributed by atoms with E-state index >= 15 is 0 Å². The molecular weight excluding hydrogens is 630 g/mol. The molecular formula is C29H31Br2N3O5. The second-order valence-corrected chi connectivity index (χ2v) is 11.3. The van der Waals surface area contributed by atoms with Gasteiger partial charge in [0.2, 0.25) is 0 Å². The lowest BCUT2D eigenvalue weighted by Gasteiger charge is -2.22. The molecule has 0 bridgehead atoms. The highest BCUT2D eigenvalue weighted by Crippen LogP contribution is 2.32. The molecule has 0 aromatic heterocycles. The van der Waals surface area contributed by atoms with E-state index in [0.717, 1.165) is 20.1 Å². The smallest absolute Gasteiger partial charge is 0.408 e. The fourth-order valence-electron chi connectivity index (χ4n) is 3.30. The number of halogens is 2. The van der Waals surface area contributed by atoms with Crippen LogP contribution in [0.5, 0.6) is 5.75 Å². The molecule has 1 atom stereocenters. The van der Waals surface area contributed by atoms with E-state index in [0.29, 0.717) is 17.9 Å². The van der Waals surface area contributed by atoms with E-state index in [1.54, 1.807) is 20.8 Å². The molecule has 0 aliphatic rings. The van der Waals surface area contributed by atoms with Gasteiger partial charge in [0.1, 0.15) is 24.0 Å². The van der Waals surface area contributed by atoms with Crippen LogP contribution in [-0.2, 0) is 27.5 Å². The zero-order valence-corrected chi connectivity index (χ0v) is 25.1. The number of nitrogens with zero attached hydrogens (tertiary/aromatic N) is 1. The summed E-state index contributed by atoms with van der Waals surface area (Å²) < 4.78 is 18.6. The Labute approximate surface area is 245 Å². The maximum atomic E-state index is 13.0. The number of alkyl carbamates (subject to hydrolysis) is 1. The Morgan fingerprint density at radius 2 is 1.56 bits per heavy atom. The van der Waals surface area contributed by atoms with Crippen molar-refractivity contribution in [1.29, 1.82) is 0 Å². The number of carbonyl (C=O) groups excluding carboxylic acids is 2. The van der Waals surface area contributed by atoms with E-state index < -0.39 is 23.6 Å². The van der Waals surface area contributed by atoms with Crippen LogP contribution in [0.3, 0.4) is 0 Å². The molecule has 0 aliphatic heterocycles. The van der Waals surface area contributed by atoms with Gasteiger partial charge in [0.25, 0.3) is 5.91 Å². The lowest BCUT2D eigenvalue weighted by Crippen LogP contribution is -2.49. The van der Waals surface area contributed by atoms with Gasteiger partial charge >= 0.3 is 6.09 Å². The summed E-state index contributed by atoms with van der Waals surface area (Å²) in [5, 5.41) is 6.68. The number of amides is 2. The summed E-state index contributed by atoms with van der Waals surface area (Å²) >= 11 is 7.01. The van der Waals surface area contributed by atoms with E-state index in [1.807, 2.05) is 72.8 Å². The van der Waals surface area contributed by atoms with Crippen LogP contribution in [0.25, 0.3) is 0 Å². The molecule has 8 nitrogen and oxygen atoms in total. The number of hydrazone groups is 1. The van der Waals surface area contributed by atoms with Crippen molar-refractivity contribution in [1.82, 2.24) is 10.7 Å². The maximum absolute atomic E-state index is 13.0. The maximum Gasteiger partial charge on any atom is 0.408 e. The third-order valence-corrected chi connectivity index (χ3v) is 6.09. The molecule has 0 spiro atoms. The van der Waals surface area contributed by atoms with Gasteiger partial charge < -0.3 is 19.5 Å². The van der Waals surface area contributed by atoms with Gasteiger partial charge in [-0.3, -0.25) is 4.79 Å². The van der Waals surface area contributed by atoms with Crippen molar-refractivity contribution in [3.05, 3.63) is 98.4 Å². The first kappa shape index (κ1) is 30.3. The minimum atomic E-state index is -1.04. The highest BCUT2D eigenvalue weighted by Gasteiger charge is 2.24. The number of benzene rings is 3. The quantitative estimate of drug-likeness (QED) is 0.185. The number of carbonyl (C=O) groups is 2. The highest BCUT2D eigenvalue weighted by molar-refractivity contribution is 9.11. The molecule has 3 aromatic rings. The first-order valence-corrected chi connectivity index (χ1v) is 13.8. The predicted octanol–water partition coefficient (Wildman–Crippen LogP) is 6.35. The van der Waals surface area contributed by atoms with E-state index in [4.69, 9.17) is 14.2 Å². The molecule has 0 unspecified atom stereocenters. The molecule has 2 amide bonds. The second-order valence-electron chi connectivity index (χ2n) is 9.51. The molecule has 0 saturated heterocycles. The van der Waals surface area contributed by atoms with Gasteiger partial charge in [0.15, 0.2) is 0 Å². The van der Waals surface area contributed by atoms with Crippen LogP contribution in [0.1, 0.15) is 37.5 Å². The van der Waals surface area contributed by atoms with Crippen LogP contribution in [-0.4, -0.2) is 36.5 Å². The number of hydrogen-bond donors (Lipinski definition) is 2. The predicted molar refractivity (Wildman–Crippen MR) is 158 cm³/mol. The van der Waals surface area contributed by atoms with Crippen molar-refractivity contribution in [2.75, 3.05) is 6.61 Å². The van der Waals surface area contributed by atoms with Crippen molar-refractivity contribution >= 4 is 50.1 Å². The van der Waals surface area contributed by atoms with Gasteiger partial charge in [-0.15, -0.1) is 0 Å². The zero-order valence-electron chi connectivity index (χ0n) is 21.9. The van der Waals surface area contributed by atoms with Gasteiger partial charge in [-0.05, 0) is 60.0 Å². The monoisotopic (exact) mass is 659 g/mol. The van der Waals surface area contributed by atoms with Gasteiger partial charge in [-0.1, -0.05) is 76.6 Å². The molecule has 0 radical (unpaired) electrons. The lowest BCUT2D eigenvalue weighted by atomic mass is 10.2. The topological polar surface area (TPSA) is 98.2 Å².